The summed E-state index contributed by atoms with van der Waals surface area (Å²) < 4.78 is 2.89. The van der Waals surface area contributed by atoms with E-state index in [4.69, 9.17) is 0 Å². The first-order valence-corrected chi connectivity index (χ1v) is 8.84. The summed E-state index contributed by atoms with van der Waals surface area (Å²) in [7, 11) is 1.71. The second-order valence-corrected chi connectivity index (χ2v) is 8.43. The van der Waals surface area contributed by atoms with Gasteiger partial charge in [0.25, 0.3) is 5.56 Å². The van der Waals surface area contributed by atoms with E-state index in [1.54, 1.807) is 17.7 Å². The number of rotatable bonds is 2. The van der Waals surface area contributed by atoms with Crippen LogP contribution < -0.4 is 14.8 Å². The minimum absolute atomic E-state index is 0.0215. The lowest BCUT2D eigenvalue weighted by Crippen LogP contribution is -2.30. The second kappa shape index (κ2) is 6.52. The minimum atomic E-state index is -0.450. The summed E-state index contributed by atoms with van der Waals surface area (Å²) in [4.78, 5) is 24.7. The van der Waals surface area contributed by atoms with Crippen molar-refractivity contribution in [3.63, 3.8) is 0 Å². The smallest absolute Gasteiger partial charge is 0.268 e. The number of ketones is 1. The van der Waals surface area contributed by atoms with Crippen molar-refractivity contribution in [2.45, 2.75) is 41.5 Å². The van der Waals surface area contributed by atoms with Crippen LogP contribution in [0.3, 0.4) is 0 Å². The number of carbonyl (C=O) groups is 1. The zero-order chi connectivity index (χ0) is 18.2. The number of nitrogens with zero attached hydrogens (tertiary/aromatic N) is 1. The fraction of sp³-hybridized carbons (Fsp3) is 0.400. The summed E-state index contributed by atoms with van der Waals surface area (Å²) in [6, 6.07) is 4.24. The predicted octanol–water partition coefficient (Wildman–Crippen LogP) is 2.60. The van der Waals surface area contributed by atoms with Crippen LogP contribution in [-0.2, 0) is 11.8 Å². The summed E-state index contributed by atoms with van der Waals surface area (Å²) >= 11 is 1.36. The fourth-order valence-corrected chi connectivity index (χ4v) is 3.34. The Hall–Kier alpha value is -1.94. The summed E-state index contributed by atoms with van der Waals surface area (Å²) in [6.45, 7) is 11.8. The average molecular weight is 343 g/mol. The van der Waals surface area contributed by atoms with E-state index in [1.807, 2.05) is 33.8 Å². The maximum Gasteiger partial charge on any atom is 0.268 e. The maximum absolute atomic E-state index is 12.5. The summed E-state index contributed by atoms with van der Waals surface area (Å²) in [5.74, 6) is 0.0215. The Morgan fingerprint density at radius 3 is 2.25 bits per heavy atom. The van der Waals surface area contributed by atoms with E-state index in [0.29, 0.717) is 9.20 Å². The molecule has 0 N–H and O–H groups in total. The Kier molecular flexibility index (Phi) is 5.00. The zero-order valence-corrected chi connectivity index (χ0v) is 16.3. The Balaban J connectivity index is 2.65. The van der Waals surface area contributed by atoms with Gasteiger partial charge in [-0.15, -0.1) is 11.3 Å². The van der Waals surface area contributed by atoms with E-state index in [1.165, 1.54) is 22.5 Å². The number of hydrogen-bond donors (Lipinski definition) is 0. The molecule has 128 valence electrons. The average Bonchev–Trinajstić information content (AvgIpc) is 2.72. The van der Waals surface area contributed by atoms with Crippen LogP contribution in [0.5, 0.6) is 0 Å². The van der Waals surface area contributed by atoms with Gasteiger partial charge in [0.2, 0.25) is 0 Å². The van der Waals surface area contributed by atoms with Crippen molar-refractivity contribution < 1.29 is 4.79 Å². The monoisotopic (exact) mass is 343 g/mol. The Bertz CT molecular complexity index is 969. The van der Waals surface area contributed by atoms with Crippen molar-refractivity contribution in [3.05, 3.63) is 53.9 Å². The molecule has 2 aromatic rings. The van der Waals surface area contributed by atoms with Crippen molar-refractivity contribution in [3.8, 4) is 0 Å². The Morgan fingerprint density at radius 2 is 1.67 bits per heavy atom. The van der Waals surface area contributed by atoms with Gasteiger partial charge in [-0.3, -0.25) is 9.59 Å². The van der Waals surface area contributed by atoms with E-state index in [-0.39, 0.29) is 11.3 Å². The van der Waals surface area contributed by atoms with E-state index in [0.717, 1.165) is 11.1 Å². The minimum Gasteiger partial charge on any atom is -0.302 e. The number of aromatic nitrogens is 1. The molecule has 0 aliphatic carbocycles. The van der Waals surface area contributed by atoms with Crippen LogP contribution in [0.1, 0.15) is 43.0 Å². The highest BCUT2D eigenvalue weighted by Crippen LogP contribution is 2.16. The van der Waals surface area contributed by atoms with E-state index in [9.17, 15) is 9.59 Å². The maximum atomic E-state index is 12.5. The van der Waals surface area contributed by atoms with E-state index >= 15 is 0 Å². The SMILES string of the molecule is Cc1cc(C)c(/C=c2/s/c(=C/C(=O)C(C)(C)C)n(C)c2=O)cc1C. The molecule has 0 bridgehead atoms. The van der Waals surface area contributed by atoms with Gasteiger partial charge in [0, 0.05) is 18.5 Å². The van der Waals surface area contributed by atoms with Crippen molar-refractivity contribution in [1.82, 2.24) is 4.57 Å². The number of thiazole rings is 1. The quantitative estimate of drug-likeness (QED) is 0.841. The predicted molar refractivity (Wildman–Crippen MR) is 102 cm³/mol. The Morgan fingerprint density at radius 1 is 1.08 bits per heavy atom. The van der Waals surface area contributed by atoms with Crippen LogP contribution in [-0.4, -0.2) is 10.4 Å². The molecule has 0 saturated carbocycles. The van der Waals surface area contributed by atoms with Crippen molar-refractivity contribution in [1.29, 1.82) is 0 Å². The lowest BCUT2D eigenvalue weighted by atomic mass is 9.91. The lowest BCUT2D eigenvalue weighted by Gasteiger charge is -2.12. The molecular formula is C20H25NO2S. The van der Waals surface area contributed by atoms with Crippen LogP contribution in [0.15, 0.2) is 16.9 Å². The van der Waals surface area contributed by atoms with Gasteiger partial charge in [-0.05, 0) is 49.1 Å². The van der Waals surface area contributed by atoms with Gasteiger partial charge < -0.3 is 4.57 Å². The van der Waals surface area contributed by atoms with Crippen molar-refractivity contribution >= 4 is 29.3 Å². The topological polar surface area (TPSA) is 39.1 Å². The molecule has 0 amide bonds. The third-order valence-electron chi connectivity index (χ3n) is 4.22. The van der Waals surface area contributed by atoms with E-state index in [2.05, 4.69) is 26.0 Å². The highest BCUT2D eigenvalue weighted by atomic mass is 32.1. The molecule has 0 aliphatic heterocycles. The molecule has 0 unspecified atom stereocenters. The van der Waals surface area contributed by atoms with E-state index < -0.39 is 5.41 Å². The third kappa shape index (κ3) is 3.75. The number of aryl methyl sites for hydroxylation is 3. The number of benzene rings is 1. The number of carbonyl (C=O) groups excluding carboxylic acids is 1. The van der Waals surface area contributed by atoms with Crippen LogP contribution >= 0.6 is 11.3 Å². The highest BCUT2D eigenvalue weighted by molar-refractivity contribution is 7.07. The molecule has 0 aliphatic rings. The second-order valence-electron chi connectivity index (χ2n) is 7.36. The van der Waals surface area contributed by atoms with Gasteiger partial charge in [0.1, 0.15) is 4.66 Å². The normalized spacial score (nSPS) is 13.6. The molecule has 0 saturated heterocycles. The molecule has 1 aromatic carbocycles. The van der Waals surface area contributed by atoms with Gasteiger partial charge in [0.05, 0.1) is 4.53 Å². The van der Waals surface area contributed by atoms with Crippen LogP contribution in [0.2, 0.25) is 0 Å². The summed E-state index contributed by atoms with van der Waals surface area (Å²) in [6.07, 6.45) is 3.50. The highest BCUT2D eigenvalue weighted by Gasteiger charge is 2.19. The molecule has 0 spiro atoms. The molecule has 1 heterocycles. The first-order chi connectivity index (χ1) is 11.0. The van der Waals surface area contributed by atoms with Crippen molar-refractivity contribution in [2.24, 2.45) is 12.5 Å². The van der Waals surface area contributed by atoms with Gasteiger partial charge in [-0.1, -0.05) is 32.9 Å². The first-order valence-electron chi connectivity index (χ1n) is 8.02. The molecular weight excluding hydrogens is 318 g/mol. The number of Topliss-reactive ketones (excluding diaryl/α,β-unsaturated/α-hetero) is 1. The molecule has 0 radical (unpaired) electrons. The first kappa shape index (κ1) is 18.4. The van der Waals surface area contributed by atoms with Crippen LogP contribution in [0.25, 0.3) is 12.2 Å². The molecule has 1 aromatic heterocycles. The number of hydrogen-bond acceptors (Lipinski definition) is 3. The summed E-state index contributed by atoms with van der Waals surface area (Å²) in [5, 5.41) is 0. The molecule has 0 fully saturated rings. The van der Waals surface area contributed by atoms with Gasteiger partial charge in [-0.25, -0.2) is 0 Å². The lowest BCUT2D eigenvalue weighted by molar-refractivity contribution is -0.120. The Labute approximate surface area is 147 Å². The molecule has 24 heavy (non-hydrogen) atoms. The molecule has 0 atom stereocenters. The van der Waals surface area contributed by atoms with Crippen LogP contribution in [0.4, 0.5) is 0 Å². The molecule has 3 nitrogen and oxygen atoms in total. The van der Waals surface area contributed by atoms with Crippen molar-refractivity contribution in [2.75, 3.05) is 0 Å². The van der Waals surface area contributed by atoms with Gasteiger partial charge in [-0.2, -0.15) is 0 Å². The molecule has 2 rings (SSSR count). The van der Waals surface area contributed by atoms with Crippen LogP contribution in [0, 0.1) is 26.2 Å². The fourth-order valence-electron chi connectivity index (χ4n) is 2.32. The summed E-state index contributed by atoms with van der Waals surface area (Å²) in [5.41, 5.74) is 4.12. The largest absolute Gasteiger partial charge is 0.302 e. The molecule has 4 heteroatoms. The standard InChI is InChI=1S/C20H25NO2S/c1-12-8-14(3)15(9-13(12)2)10-16-19(23)21(7)18(24-16)11-17(22)20(4,5)6/h8-11H,1-7H3/b16-10+,18-11+. The van der Waals surface area contributed by atoms with Gasteiger partial charge >= 0.3 is 0 Å². The van der Waals surface area contributed by atoms with Gasteiger partial charge in [0.15, 0.2) is 5.78 Å². The third-order valence-corrected chi connectivity index (χ3v) is 5.34. The zero-order valence-electron chi connectivity index (χ0n) is 15.5.